The largest absolute Gasteiger partial charge is 0.353 e. The van der Waals surface area contributed by atoms with Crippen molar-refractivity contribution in [3.8, 4) is 0 Å². The Morgan fingerprint density at radius 3 is 2.14 bits per heavy atom. The molecule has 3 aromatic rings. The summed E-state index contributed by atoms with van der Waals surface area (Å²) in [6.45, 7) is 9.68. The zero-order chi connectivity index (χ0) is 19.5. The molecule has 0 amide bonds. The summed E-state index contributed by atoms with van der Waals surface area (Å²) in [5.41, 5.74) is 4.39. The predicted molar refractivity (Wildman–Crippen MR) is 112 cm³/mol. The van der Waals surface area contributed by atoms with E-state index in [1.54, 1.807) is 12.4 Å². The summed E-state index contributed by atoms with van der Waals surface area (Å²) in [5.74, 6) is 2.38. The Labute approximate surface area is 165 Å². The molecule has 7 nitrogen and oxygen atoms in total. The van der Waals surface area contributed by atoms with Gasteiger partial charge in [-0.3, -0.25) is 0 Å². The number of aryl methyl sites for hydroxylation is 3. The topological polar surface area (TPSA) is 70.1 Å². The van der Waals surface area contributed by atoms with Gasteiger partial charge in [-0.1, -0.05) is 18.2 Å². The molecule has 7 heteroatoms. The van der Waals surface area contributed by atoms with E-state index < -0.39 is 0 Å². The maximum Gasteiger partial charge on any atom is 0.229 e. The third-order valence-electron chi connectivity index (χ3n) is 5.00. The Kier molecular flexibility index (Phi) is 5.06. The fourth-order valence-electron chi connectivity index (χ4n) is 3.48. The molecule has 0 spiro atoms. The van der Waals surface area contributed by atoms with Gasteiger partial charge in [0.25, 0.3) is 0 Å². The van der Waals surface area contributed by atoms with E-state index >= 15 is 0 Å². The molecule has 2 aromatic heterocycles. The van der Waals surface area contributed by atoms with E-state index in [-0.39, 0.29) is 0 Å². The number of rotatable bonds is 4. The van der Waals surface area contributed by atoms with Crippen LogP contribution in [0.2, 0.25) is 0 Å². The standard InChI is InChI=1S/C21H25N7/c1-15-6-4-7-16(2)19(15)26-20-24-17(3)14-18(25-20)27-10-12-28(13-11-27)21-22-8-5-9-23-21/h4-9,14H,10-13H2,1-3H3,(H,24,25,26). The number of para-hydroxylation sites is 1. The number of anilines is 4. The van der Waals surface area contributed by atoms with Crippen LogP contribution in [-0.4, -0.2) is 46.1 Å². The lowest BCUT2D eigenvalue weighted by Crippen LogP contribution is -2.47. The first kappa shape index (κ1) is 18.2. The van der Waals surface area contributed by atoms with Gasteiger partial charge in [0.15, 0.2) is 0 Å². The van der Waals surface area contributed by atoms with Crippen LogP contribution in [0.25, 0.3) is 0 Å². The molecule has 1 saturated heterocycles. The molecular formula is C21H25N7. The Bertz CT molecular complexity index is 930. The SMILES string of the molecule is Cc1cc(N2CCN(c3ncccn3)CC2)nc(Nc2c(C)cccc2C)n1. The van der Waals surface area contributed by atoms with Crippen molar-refractivity contribution in [1.29, 1.82) is 0 Å². The maximum atomic E-state index is 4.79. The molecule has 0 unspecified atom stereocenters. The van der Waals surface area contributed by atoms with Crippen LogP contribution in [0, 0.1) is 20.8 Å². The van der Waals surface area contributed by atoms with Crippen LogP contribution in [0.4, 0.5) is 23.4 Å². The van der Waals surface area contributed by atoms with Gasteiger partial charge in [-0.25, -0.2) is 15.0 Å². The second-order valence-corrected chi connectivity index (χ2v) is 7.11. The second kappa shape index (κ2) is 7.80. The fraction of sp³-hybridized carbons (Fsp3) is 0.333. The van der Waals surface area contributed by atoms with Crippen LogP contribution in [0.15, 0.2) is 42.7 Å². The van der Waals surface area contributed by atoms with Crippen molar-refractivity contribution in [3.63, 3.8) is 0 Å². The van der Waals surface area contributed by atoms with Crippen LogP contribution in [0.1, 0.15) is 16.8 Å². The highest BCUT2D eigenvalue weighted by atomic mass is 15.3. The van der Waals surface area contributed by atoms with Crippen molar-refractivity contribution in [2.24, 2.45) is 0 Å². The number of hydrogen-bond acceptors (Lipinski definition) is 7. The molecule has 28 heavy (non-hydrogen) atoms. The summed E-state index contributed by atoms with van der Waals surface area (Å²) in [5, 5.41) is 3.42. The summed E-state index contributed by atoms with van der Waals surface area (Å²) < 4.78 is 0. The van der Waals surface area contributed by atoms with Crippen LogP contribution in [0.5, 0.6) is 0 Å². The molecule has 0 aliphatic carbocycles. The summed E-state index contributed by atoms with van der Waals surface area (Å²) in [7, 11) is 0. The zero-order valence-corrected chi connectivity index (χ0v) is 16.6. The molecule has 1 aliphatic rings. The lowest BCUT2D eigenvalue weighted by atomic mass is 10.1. The molecule has 3 heterocycles. The number of aromatic nitrogens is 4. The molecule has 144 valence electrons. The van der Waals surface area contributed by atoms with E-state index in [0.717, 1.165) is 49.3 Å². The molecule has 4 rings (SSSR count). The summed E-state index contributed by atoms with van der Waals surface area (Å²) in [4.78, 5) is 22.6. The van der Waals surface area contributed by atoms with E-state index in [1.807, 2.05) is 19.1 Å². The van der Waals surface area contributed by atoms with E-state index in [9.17, 15) is 0 Å². The van der Waals surface area contributed by atoms with Crippen molar-refractivity contribution < 1.29 is 0 Å². The van der Waals surface area contributed by atoms with Gasteiger partial charge in [0.05, 0.1) is 0 Å². The molecule has 1 N–H and O–H groups in total. The van der Waals surface area contributed by atoms with E-state index in [1.165, 1.54) is 11.1 Å². The zero-order valence-electron chi connectivity index (χ0n) is 16.6. The molecule has 1 aromatic carbocycles. The summed E-state index contributed by atoms with van der Waals surface area (Å²) in [6, 6.07) is 10.1. The highest BCUT2D eigenvalue weighted by Crippen LogP contribution is 2.24. The lowest BCUT2D eigenvalue weighted by molar-refractivity contribution is 0.634. The number of nitrogens with zero attached hydrogens (tertiary/aromatic N) is 6. The van der Waals surface area contributed by atoms with E-state index in [4.69, 9.17) is 4.98 Å². The van der Waals surface area contributed by atoms with Crippen LogP contribution in [-0.2, 0) is 0 Å². The first-order valence-electron chi connectivity index (χ1n) is 9.56. The van der Waals surface area contributed by atoms with Crippen molar-refractivity contribution in [2.45, 2.75) is 20.8 Å². The van der Waals surface area contributed by atoms with Gasteiger partial charge < -0.3 is 15.1 Å². The average Bonchev–Trinajstić information content (AvgIpc) is 2.71. The summed E-state index contributed by atoms with van der Waals surface area (Å²) in [6.07, 6.45) is 3.57. The number of piperazine rings is 1. The lowest BCUT2D eigenvalue weighted by Gasteiger charge is -2.35. The smallest absolute Gasteiger partial charge is 0.229 e. The molecule has 0 bridgehead atoms. The first-order valence-corrected chi connectivity index (χ1v) is 9.56. The Balaban J connectivity index is 1.50. The Morgan fingerprint density at radius 1 is 0.821 bits per heavy atom. The van der Waals surface area contributed by atoms with Gasteiger partial charge in [-0.15, -0.1) is 0 Å². The molecule has 1 aliphatic heterocycles. The van der Waals surface area contributed by atoms with E-state index in [2.05, 4.69) is 62.1 Å². The predicted octanol–water partition coefficient (Wildman–Crippen LogP) is 3.26. The fourth-order valence-corrected chi connectivity index (χ4v) is 3.48. The van der Waals surface area contributed by atoms with Crippen molar-refractivity contribution >= 4 is 23.4 Å². The van der Waals surface area contributed by atoms with Crippen LogP contribution >= 0.6 is 0 Å². The van der Waals surface area contributed by atoms with Gasteiger partial charge in [0.2, 0.25) is 11.9 Å². The minimum atomic E-state index is 0.640. The second-order valence-electron chi connectivity index (χ2n) is 7.11. The quantitative estimate of drug-likeness (QED) is 0.750. The van der Waals surface area contributed by atoms with Gasteiger partial charge in [0, 0.05) is 56.0 Å². The van der Waals surface area contributed by atoms with Crippen molar-refractivity contribution in [1.82, 2.24) is 19.9 Å². The van der Waals surface area contributed by atoms with Crippen molar-refractivity contribution in [3.05, 3.63) is 59.5 Å². The van der Waals surface area contributed by atoms with Gasteiger partial charge >= 0.3 is 0 Å². The van der Waals surface area contributed by atoms with Crippen LogP contribution in [0.3, 0.4) is 0 Å². The minimum absolute atomic E-state index is 0.640. The molecule has 0 saturated carbocycles. The first-order chi connectivity index (χ1) is 13.6. The van der Waals surface area contributed by atoms with Crippen molar-refractivity contribution in [2.75, 3.05) is 41.3 Å². The third kappa shape index (κ3) is 3.88. The monoisotopic (exact) mass is 375 g/mol. The number of hydrogen-bond donors (Lipinski definition) is 1. The molecule has 0 atom stereocenters. The highest BCUT2D eigenvalue weighted by molar-refractivity contribution is 5.63. The number of nitrogens with one attached hydrogen (secondary N) is 1. The minimum Gasteiger partial charge on any atom is -0.353 e. The van der Waals surface area contributed by atoms with Gasteiger partial charge in [0.1, 0.15) is 5.82 Å². The average molecular weight is 375 g/mol. The Morgan fingerprint density at radius 2 is 1.46 bits per heavy atom. The molecular weight excluding hydrogens is 350 g/mol. The van der Waals surface area contributed by atoms with Gasteiger partial charge in [-0.2, -0.15) is 4.98 Å². The summed E-state index contributed by atoms with van der Waals surface area (Å²) >= 11 is 0. The van der Waals surface area contributed by atoms with E-state index in [0.29, 0.717) is 5.95 Å². The highest BCUT2D eigenvalue weighted by Gasteiger charge is 2.20. The maximum absolute atomic E-state index is 4.79. The normalized spacial score (nSPS) is 14.2. The third-order valence-corrected chi connectivity index (χ3v) is 5.00. The van der Waals surface area contributed by atoms with Gasteiger partial charge in [-0.05, 0) is 38.0 Å². The Hall–Kier alpha value is -3.22. The number of benzene rings is 1. The van der Waals surface area contributed by atoms with Crippen LogP contribution < -0.4 is 15.1 Å². The molecule has 1 fully saturated rings. The molecule has 0 radical (unpaired) electrons.